The van der Waals surface area contributed by atoms with Gasteiger partial charge in [0.25, 0.3) is 5.91 Å². The summed E-state index contributed by atoms with van der Waals surface area (Å²) >= 11 is 0. The number of hydrogen-bond acceptors (Lipinski definition) is 6. The molecule has 1 saturated heterocycles. The van der Waals surface area contributed by atoms with Crippen LogP contribution < -0.4 is 11.1 Å². The standard InChI is InChI=1S/C33H31N7O/c1-2-7-30(41)36-25-17-20-39(21-18-25)22-23-11-13-26(14-12-23)40-32(27-10-6-19-35-31(27)34)38-29-16-15-28(37-33(29)40)24-8-4-3-5-9-24/h3-6,8-16,19,25H,17-18,20-22H2,1H3,(H2,34,35)(H,36,41). The quantitative estimate of drug-likeness (QED) is 0.299. The van der Waals surface area contributed by atoms with Gasteiger partial charge in [0.05, 0.1) is 11.3 Å². The van der Waals surface area contributed by atoms with Crippen LogP contribution in [0.15, 0.2) is 85.1 Å². The average molecular weight is 542 g/mol. The molecule has 2 aromatic carbocycles. The second-order valence-corrected chi connectivity index (χ2v) is 10.2. The summed E-state index contributed by atoms with van der Waals surface area (Å²) in [6.45, 7) is 4.37. The molecule has 5 aromatic rings. The van der Waals surface area contributed by atoms with Crippen molar-refractivity contribution in [3.63, 3.8) is 0 Å². The summed E-state index contributed by atoms with van der Waals surface area (Å²) in [5.74, 6) is 6.16. The van der Waals surface area contributed by atoms with Gasteiger partial charge in [-0.05, 0) is 67.6 Å². The van der Waals surface area contributed by atoms with E-state index < -0.39 is 0 Å². The number of nitrogens with two attached hydrogens (primary N) is 1. The Morgan fingerprint density at radius 2 is 1.76 bits per heavy atom. The van der Waals surface area contributed by atoms with E-state index in [2.05, 4.69) is 68.0 Å². The highest BCUT2D eigenvalue weighted by Gasteiger charge is 2.21. The van der Waals surface area contributed by atoms with Gasteiger partial charge >= 0.3 is 0 Å². The van der Waals surface area contributed by atoms with Gasteiger partial charge in [0.15, 0.2) is 11.5 Å². The highest BCUT2D eigenvalue weighted by molar-refractivity contribution is 5.93. The molecule has 0 saturated carbocycles. The maximum Gasteiger partial charge on any atom is 0.296 e. The molecular formula is C33H31N7O. The number of carbonyl (C=O) groups is 1. The molecule has 1 aliphatic rings. The van der Waals surface area contributed by atoms with Crippen LogP contribution in [0.4, 0.5) is 5.82 Å². The van der Waals surface area contributed by atoms with Crippen molar-refractivity contribution < 1.29 is 4.79 Å². The molecule has 0 atom stereocenters. The molecule has 1 aliphatic heterocycles. The molecule has 41 heavy (non-hydrogen) atoms. The van der Waals surface area contributed by atoms with Crippen molar-refractivity contribution in [3.8, 4) is 40.2 Å². The Morgan fingerprint density at radius 1 is 0.976 bits per heavy atom. The van der Waals surface area contributed by atoms with Crippen LogP contribution in [0.3, 0.4) is 0 Å². The fraction of sp³-hybridized carbons (Fsp3) is 0.212. The maximum atomic E-state index is 11.8. The number of aromatic nitrogens is 4. The second-order valence-electron chi connectivity index (χ2n) is 10.2. The lowest BCUT2D eigenvalue weighted by Gasteiger charge is -2.32. The van der Waals surface area contributed by atoms with Crippen molar-refractivity contribution in [3.05, 3.63) is 90.6 Å². The van der Waals surface area contributed by atoms with Crippen LogP contribution in [0, 0.1) is 11.8 Å². The molecule has 204 valence electrons. The number of carbonyl (C=O) groups excluding carboxylic acids is 1. The third-order valence-electron chi connectivity index (χ3n) is 7.42. The second kappa shape index (κ2) is 11.6. The van der Waals surface area contributed by atoms with Gasteiger partial charge in [0.2, 0.25) is 0 Å². The van der Waals surface area contributed by atoms with Crippen molar-refractivity contribution in [1.82, 2.24) is 29.7 Å². The number of benzene rings is 2. The van der Waals surface area contributed by atoms with Gasteiger partial charge in [-0.3, -0.25) is 14.3 Å². The Labute approximate surface area is 239 Å². The molecule has 0 spiro atoms. The summed E-state index contributed by atoms with van der Waals surface area (Å²) < 4.78 is 2.06. The van der Waals surface area contributed by atoms with Crippen molar-refractivity contribution >= 4 is 22.9 Å². The van der Waals surface area contributed by atoms with Crippen molar-refractivity contribution in [1.29, 1.82) is 0 Å². The Kier molecular flexibility index (Phi) is 7.44. The number of amides is 1. The number of nitrogens with one attached hydrogen (secondary N) is 1. The van der Waals surface area contributed by atoms with E-state index in [4.69, 9.17) is 15.7 Å². The van der Waals surface area contributed by atoms with E-state index in [-0.39, 0.29) is 11.9 Å². The number of hydrogen-bond donors (Lipinski definition) is 2. The lowest BCUT2D eigenvalue weighted by atomic mass is 10.0. The summed E-state index contributed by atoms with van der Waals surface area (Å²) in [5.41, 5.74) is 12.7. The Balaban J connectivity index is 1.29. The number of fused-ring (bicyclic) bond motifs is 1. The first-order valence-corrected chi connectivity index (χ1v) is 13.8. The fourth-order valence-electron chi connectivity index (χ4n) is 5.34. The van der Waals surface area contributed by atoms with Crippen molar-refractivity contribution in [2.75, 3.05) is 18.8 Å². The third-order valence-corrected chi connectivity index (χ3v) is 7.42. The number of piperidine rings is 1. The summed E-state index contributed by atoms with van der Waals surface area (Å²) in [7, 11) is 0. The maximum absolute atomic E-state index is 11.8. The largest absolute Gasteiger partial charge is 0.383 e. The van der Waals surface area contributed by atoms with E-state index in [0.29, 0.717) is 11.6 Å². The van der Waals surface area contributed by atoms with Crippen LogP contribution in [0.5, 0.6) is 0 Å². The van der Waals surface area contributed by atoms with Crippen molar-refractivity contribution in [2.24, 2.45) is 0 Å². The van der Waals surface area contributed by atoms with Crippen LogP contribution >= 0.6 is 0 Å². The smallest absolute Gasteiger partial charge is 0.296 e. The molecule has 8 nitrogen and oxygen atoms in total. The minimum absolute atomic E-state index is 0.183. The Morgan fingerprint density at radius 3 is 2.49 bits per heavy atom. The number of nitrogen functional groups attached to an aromatic ring is 1. The summed E-state index contributed by atoms with van der Waals surface area (Å²) in [4.78, 5) is 28.5. The van der Waals surface area contributed by atoms with Crippen LogP contribution in [0.2, 0.25) is 0 Å². The lowest BCUT2D eigenvalue weighted by Crippen LogP contribution is -2.44. The van der Waals surface area contributed by atoms with E-state index >= 15 is 0 Å². The van der Waals surface area contributed by atoms with Gasteiger partial charge in [-0.2, -0.15) is 0 Å². The Hall–Kier alpha value is -5.00. The SMILES string of the molecule is CC#CC(=O)NC1CCN(Cc2ccc(-n3c(-c4cccnc4N)nc4ccc(-c5ccccc5)nc43)cc2)CC1. The van der Waals surface area contributed by atoms with Crippen LogP contribution in [0.1, 0.15) is 25.3 Å². The molecule has 1 amide bonds. The zero-order chi connectivity index (χ0) is 28.2. The molecule has 3 N–H and O–H groups in total. The predicted octanol–water partition coefficient (Wildman–Crippen LogP) is 4.84. The lowest BCUT2D eigenvalue weighted by molar-refractivity contribution is -0.116. The molecule has 1 fully saturated rings. The number of pyridine rings is 2. The summed E-state index contributed by atoms with van der Waals surface area (Å²) in [6, 6.07) is 26.7. The Bertz CT molecular complexity index is 1740. The first-order valence-electron chi connectivity index (χ1n) is 13.8. The fourth-order valence-corrected chi connectivity index (χ4v) is 5.34. The molecule has 8 heteroatoms. The third kappa shape index (κ3) is 5.67. The molecule has 0 bridgehead atoms. The van der Waals surface area contributed by atoms with Crippen LogP contribution in [-0.4, -0.2) is 49.5 Å². The number of anilines is 1. The van der Waals surface area contributed by atoms with Gasteiger partial charge in [0, 0.05) is 43.1 Å². The average Bonchev–Trinajstić information content (AvgIpc) is 3.38. The minimum atomic E-state index is -0.189. The van der Waals surface area contributed by atoms with E-state index in [0.717, 1.165) is 66.1 Å². The molecular weight excluding hydrogens is 510 g/mol. The monoisotopic (exact) mass is 541 g/mol. The number of rotatable bonds is 6. The van der Waals surface area contributed by atoms with Gasteiger partial charge in [-0.15, -0.1) is 0 Å². The molecule has 3 aromatic heterocycles. The summed E-state index contributed by atoms with van der Waals surface area (Å²) in [6.07, 6.45) is 3.52. The van der Waals surface area contributed by atoms with E-state index in [1.165, 1.54) is 5.56 Å². The highest BCUT2D eigenvalue weighted by Crippen LogP contribution is 2.32. The van der Waals surface area contributed by atoms with Gasteiger partial charge < -0.3 is 11.1 Å². The van der Waals surface area contributed by atoms with Gasteiger partial charge in [0.1, 0.15) is 11.3 Å². The zero-order valence-corrected chi connectivity index (χ0v) is 22.9. The van der Waals surface area contributed by atoms with Crippen molar-refractivity contribution in [2.45, 2.75) is 32.4 Å². The number of nitrogens with zero attached hydrogens (tertiary/aromatic N) is 5. The highest BCUT2D eigenvalue weighted by atomic mass is 16.1. The molecule has 0 unspecified atom stereocenters. The minimum Gasteiger partial charge on any atom is -0.383 e. The molecule has 6 rings (SSSR count). The van der Waals surface area contributed by atoms with Crippen LogP contribution in [0.25, 0.3) is 39.5 Å². The normalized spacial score (nSPS) is 14.0. The van der Waals surface area contributed by atoms with E-state index in [1.807, 2.05) is 42.5 Å². The predicted molar refractivity (Wildman–Crippen MR) is 162 cm³/mol. The molecule has 4 heterocycles. The van der Waals surface area contributed by atoms with Gasteiger partial charge in [-0.25, -0.2) is 15.0 Å². The number of likely N-dealkylation sites (tertiary alicyclic amines) is 1. The van der Waals surface area contributed by atoms with E-state index in [1.54, 1.807) is 13.1 Å². The molecule has 0 aliphatic carbocycles. The zero-order valence-electron chi connectivity index (χ0n) is 22.9. The summed E-state index contributed by atoms with van der Waals surface area (Å²) in [5, 5.41) is 3.01. The topological polar surface area (TPSA) is 102 Å². The van der Waals surface area contributed by atoms with Gasteiger partial charge in [-0.1, -0.05) is 48.4 Å². The number of imidazole rings is 1. The van der Waals surface area contributed by atoms with Crippen LogP contribution in [-0.2, 0) is 11.3 Å². The first kappa shape index (κ1) is 26.2. The van der Waals surface area contributed by atoms with E-state index in [9.17, 15) is 4.79 Å². The first-order chi connectivity index (χ1) is 20.1. The molecule has 0 radical (unpaired) electrons.